The molecule has 0 aromatic heterocycles. The highest BCUT2D eigenvalue weighted by Gasteiger charge is 2.25. The van der Waals surface area contributed by atoms with E-state index in [1.165, 1.54) is 16.4 Å². The minimum Gasteiger partial charge on any atom is -0.378 e. The SMILES string of the molecule is CCN(c1ccccc1)S(=O)(=O)c1cccc(C(=O)NC(C)CCC2CCCO2)c1. The van der Waals surface area contributed by atoms with Gasteiger partial charge in [-0.2, -0.15) is 0 Å². The Morgan fingerprint density at radius 2 is 1.97 bits per heavy atom. The number of hydrogen-bond acceptors (Lipinski definition) is 4. The Morgan fingerprint density at radius 1 is 1.20 bits per heavy atom. The van der Waals surface area contributed by atoms with Crippen LogP contribution in [-0.4, -0.2) is 39.6 Å². The molecule has 2 aromatic carbocycles. The molecule has 7 heteroatoms. The summed E-state index contributed by atoms with van der Waals surface area (Å²) in [5, 5.41) is 2.97. The van der Waals surface area contributed by atoms with Crippen LogP contribution in [0.5, 0.6) is 0 Å². The Balaban J connectivity index is 1.70. The minimum atomic E-state index is -3.77. The van der Waals surface area contributed by atoms with Crippen molar-refractivity contribution in [2.75, 3.05) is 17.5 Å². The van der Waals surface area contributed by atoms with Gasteiger partial charge in [0.1, 0.15) is 0 Å². The number of carbonyl (C=O) groups excluding carboxylic acids is 1. The maximum Gasteiger partial charge on any atom is 0.264 e. The number of hydrogen-bond donors (Lipinski definition) is 1. The molecule has 2 atom stereocenters. The normalized spacial score (nSPS) is 17.5. The summed E-state index contributed by atoms with van der Waals surface area (Å²) in [7, 11) is -3.77. The maximum atomic E-state index is 13.2. The molecule has 1 N–H and O–H groups in total. The van der Waals surface area contributed by atoms with Crippen LogP contribution in [0.3, 0.4) is 0 Å². The zero-order valence-corrected chi connectivity index (χ0v) is 18.4. The second-order valence-corrected chi connectivity index (χ2v) is 9.48. The number of ether oxygens (including phenoxy) is 1. The fourth-order valence-corrected chi connectivity index (χ4v) is 5.22. The van der Waals surface area contributed by atoms with Crippen molar-refractivity contribution in [3.63, 3.8) is 0 Å². The molecule has 162 valence electrons. The second-order valence-electron chi connectivity index (χ2n) is 7.62. The summed E-state index contributed by atoms with van der Waals surface area (Å²) in [6.07, 6.45) is 4.21. The summed E-state index contributed by atoms with van der Waals surface area (Å²) < 4.78 is 33.4. The molecule has 1 saturated heterocycles. The first-order valence-electron chi connectivity index (χ1n) is 10.5. The van der Waals surface area contributed by atoms with E-state index in [-0.39, 0.29) is 22.9 Å². The number of carbonyl (C=O) groups is 1. The summed E-state index contributed by atoms with van der Waals surface area (Å²) >= 11 is 0. The number of sulfonamides is 1. The van der Waals surface area contributed by atoms with Crippen molar-refractivity contribution in [2.24, 2.45) is 0 Å². The van der Waals surface area contributed by atoms with E-state index in [2.05, 4.69) is 5.32 Å². The molecule has 1 heterocycles. The van der Waals surface area contributed by atoms with Crippen LogP contribution in [0.2, 0.25) is 0 Å². The second kappa shape index (κ2) is 10.1. The highest BCUT2D eigenvalue weighted by atomic mass is 32.2. The van der Waals surface area contributed by atoms with Crippen LogP contribution < -0.4 is 9.62 Å². The topological polar surface area (TPSA) is 75.7 Å². The van der Waals surface area contributed by atoms with Crippen LogP contribution in [-0.2, 0) is 14.8 Å². The highest BCUT2D eigenvalue weighted by Crippen LogP contribution is 2.24. The van der Waals surface area contributed by atoms with Crippen molar-refractivity contribution in [2.45, 2.75) is 56.6 Å². The maximum absolute atomic E-state index is 13.2. The van der Waals surface area contributed by atoms with E-state index in [0.29, 0.717) is 17.8 Å². The third kappa shape index (κ3) is 5.40. The van der Waals surface area contributed by atoms with Gasteiger partial charge in [-0.3, -0.25) is 9.10 Å². The number of nitrogens with one attached hydrogen (secondary N) is 1. The van der Waals surface area contributed by atoms with Gasteiger partial charge in [0.25, 0.3) is 15.9 Å². The first-order valence-corrected chi connectivity index (χ1v) is 12.0. The zero-order valence-electron chi connectivity index (χ0n) is 17.6. The lowest BCUT2D eigenvalue weighted by Gasteiger charge is -2.23. The first-order chi connectivity index (χ1) is 14.4. The molecule has 0 bridgehead atoms. The fourth-order valence-electron chi connectivity index (χ4n) is 3.70. The minimum absolute atomic E-state index is 0.0153. The lowest BCUT2D eigenvalue weighted by atomic mass is 10.1. The van der Waals surface area contributed by atoms with E-state index in [4.69, 9.17) is 4.74 Å². The van der Waals surface area contributed by atoms with Gasteiger partial charge in [-0.15, -0.1) is 0 Å². The number of para-hydroxylation sites is 1. The summed E-state index contributed by atoms with van der Waals surface area (Å²) in [4.78, 5) is 12.8. The van der Waals surface area contributed by atoms with E-state index in [0.717, 1.165) is 32.3 Å². The molecule has 1 amide bonds. The van der Waals surface area contributed by atoms with Gasteiger partial charge in [-0.05, 0) is 69.9 Å². The molecular weight excluding hydrogens is 400 g/mol. The van der Waals surface area contributed by atoms with Gasteiger partial charge in [0.15, 0.2) is 0 Å². The monoisotopic (exact) mass is 430 g/mol. The van der Waals surface area contributed by atoms with Crippen molar-refractivity contribution in [1.29, 1.82) is 0 Å². The zero-order chi connectivity index (χ0) is 21.6. The van der Waals surface area contributed by atoms with Crippen molar-refractivity contribution < 1.29 is 17.9 Å². The number of rotatable bonds is 9. The Bertz CT molecular complexity index is 941. The van der Waals surface area contributed by atoms with Gasteiger partial charge >= 0.3 is 0 Å². The van der Waals surface area contributed by atoms with Crippen LogP contribution in [0, 0.1) is 0 Å². The number of amides is 1. The van der Waals surface area contributed by atoms with Crippen molar-refractivity contribution in [3.05, 3.63) is 60.2 Å². The summed E-state index contributed by atoms with van der Waals surface area (Å²) in [5.74, 6) is -0.269. The van der Waals surface area contributed by atoms with Gasteiger partial charge in [-0.1, -0.05) is 24.3 Å². The molecule has 0 saturated carbocycles. The van der Waals surface area contributed by atoms with Crippen LogP contribution >= 0.6 is 0 Å². The Kier molecular flexibility index (Phi) is 7.50. The van der Waals surface area contributed by atoms with Crippen molar-refractivity contribution >= 4 is 21.6 Å². The largest absolute Gasteiger partial charge is 0.378 e. The molecule has 1 aliphatic heterocycles. The molecule has 6 nitrogen and oxygen atoms in total. The predicted molar refractivity (Wildman–Crippen MR) is 118 cm³/mol. The number of benzene rings is 2. The third-order valence-electron chi connectivity index (χ3n) is 5.34. The van der Waals surface area contributed by atoms with Crippen LogP contribution in [0.1, 0.15) is 49.9 Å². The first kappa shape index (κ1) is 22.3. The third-order valence-corrected chi connectivity index (χ3v) is 7.24. The average molecular weight is 431 g/mol. The van der Waals surface area contributed by atoms with E-state index < -0.39 is 10.0 Å². The Morgan fingerprint density at radius 3 is 2.63 bits per heavy atom. The smallest absolute Gasteiger partial charge is 0.264 e. The standard InChI is InChI=1S/C23H30N2O4S/c1-3-25(20-10-5-4-6-11-20)30(27,28)22-13-7-9-19(17-22)23(26)24-18(2)14-15-21-12-8-16-29-21/h4-7,9-11,13,17-18,21H,3,8,12,14-16H2,1-2H3,(H,24,26). The molecule has 3 rings (SSSR count). The van der Waals surface area contributed by atoms with Gasteiger partial charge < -0.3 is 10.1 Å². The van der Waals surface area contributed by atoms with Crippen molar-refractivity contribution in [3.8, 4) is 0 Å². The molecular formula is C23H30N2O4S. The molecule has 2 aromatic rings. The van der Waals surface area contributed by atoms with Gasteiger partial charge in [-0.25, -0.2) is 8.42 Å². The van der Waals surface area contributed by atoms with Crippen LogP contribution in [0.25, 0.3) is 0 Å². The highest BCUT2D eigenvalue weighted by molar-refractivity contribution is 7.92. The molecule has 30 heavy (non-hydrogen) atoms. The predicted octanol–water partition coefficient (Wildman–Crippen LogP) is 3.98. The van der Waals surface area contributed by atoms with Crippen LogP contribution in [0.4, 0.5) is 5.69 Å². The van der Waals surface area contributed by atoms with Gasteiger partial charge in [0, 0.05) is 24.8 Å². The van der Waals surface area contributed by atoms with Crippen LogP contribution in [0.15, 0.2) is 59.5 Å². The quantitative estimate of drug-likeness (QED) is 0.653. The molecule has 0 radical (unpaired) electrons. The lowest BCUT2D eigenvalue weighted by Crippen LogP contribution is -2.34. The van der Waals surface area contributed by atoms with E-state index >= 15 is 0 Å². The van der Waals surface area contributed by atoms with E-state index in [9.17, 15) is 13.2 Å². The lowest BCUT2D eigenvalue weighted by molar-refractivity contribution is 0.0899. The van der Waals surface area contributed by atoms with E-state index in [1.807, 2.05) is 13.0 Å². The molecule has 1 fully saturated rings. The molecule has 2 unspecified atom stereocenters. The fraction of sp³-hybridized carbons (Fsp3) is 0.435. The van der Waals surface area contributed by atoms with E-state index in [1.54, 1.807) is 43.3 Å². The summed E-state index contributed by atoms with van der Waals surface area (Å²) in [6.45, 7) is 4.87. The Hall–Kier alpha value is -2.38. The van der Waals surface area contributed by atoms with Crippen molar-refractivity contribution in [1.82, 2.24) is 5.32 Å². The van der Waals surface area contributed by atoms with Gasteiger partial charge in [0.2, 0.25) is 0 Å². The summed E-state index contributed by atoms with van der Waals surface area (Å²) in [5.41, 5.74) is 0.932. The van der Waals surface area contributed by atoms with Gasteiger partial charge in [0.05, 0.1) is 16.7 Å². The molecule has 0 aliphatic carbocycles. The molecule has 1 aliphatic rings. The summed E-state index contributed by atoms with van der Waals surface area (Å²) in [6, 6.07) is 15.2. The average Bonchev–Trinajstić information content (AvgIpc) is 3.27. The molecule has 0 spiro atoms. The number of anilines is 1. The number of nitrogens with zero attached hydrogens (tertiary/aromatic N) is 1. The Labute approximate surface area is 179 Å².